The number of β-amino-alcohol motifs (C(OH)–C–C–N with tert-alkyl or cyclic N) is 1. The largest absolute Gasteiger partial charge is 0.388 e. The minimum Gasteiger partial charge on any atom is -0.388 e. The Bertz CT molecular complexity index is 204. The minimum atomic E-state index is -0.778. The predicted octanol–water partition coefficient (Wildman–Crippen LogP) is -0.293. The summed E-state index contributed by atoms with van der Waals surface area (Å²) in [5.74, 6) is -0.0336. The number of nitrogens with zero attached hydrogens (tertiary/aromatic N) is 1. The monoisotopic (exact) mass is 186 g/mol. The van der Waals surface area contributed by atoms with E-state index in [1.54, 1.807) is 11.8 Å². The van der Waals surface area contributed by atoms with E-state index in [4.69, 9.17) is 5.73 Å². The van der Waals surface area contributed by atoms with Crippen LogP contribution in [0.3, 0.4) is 0 Å². The van der Waals surface area contributed by atoms with Gasteiger partial charge in [-0.15, -0.1) is 0 Å². The number of nitrogens with two attached hydrogens (primary N) is 1. The van der Waals surface area contributed by atoms with Crippen LogP contribution in [0.1, 0.15) is 26.7 Å². The summed E-state index contributed by atoms with van der Waals surface area (Å²) >= 11 is 0. The normalized spacial score (nSPS) is 27.8. The Morgan fingerprint density at radius 2 is 2.38 bits per heavy atom. The number of carbonyl (C=O) groups excluding carboxylic acids is 1. The van der Waals surface area contributed by atoms with Crippen LogP contribution < -0.4 is 5.73 Å². The third-order valence-electron chi connectivity index (χ3n) is 2.63. The van der Waals surface area contributed by atoms with Crippen LogP contribution in [0.15, 0.2) is 0 Å². The van der Waals surface area contributed by atoms with Gasteiger partial charge in [0, 0.05) is 13.1 Å². The van der Waals surface area contributed by atoms with Crippen molar-refractivity contribution >= 4 is 5.91 Å². The molecule has 1 saturated heterocycles. The molecule has 0 aromatic rings. The van der Waals surface area contributed by atoms with Crippen molar-refractivity contribution in [3.63, 3.8) is 0 Å². The van der Waals surface area contributed by atoms with Gasteiger partial charge in [0.15, 0.2) is 0 Å². The molecule has 13 heavy (non-hydrogen) atoms. The molecule has 0 saturated carbocycles. The Balaban J connectivity index is 2.51. The van der Waals surface area contributed by atoms with Gasteiger partial charge in [0.25, 0.3) is 0 Å². The van der Waals surface area contributed by atoms with Crippen molar-refractivity contribution in [2.45, 2.75) is 38.3 Å². The molecule has 0 aliphatic carbocycles. The third kappa shape index (κ3) is 2.42. The summed E-state index contributed by atoms with van der Waals surface area (Å²) in [7, 11) is 0. The average molecular weight is 186 g/mol. The zero-order chi connectivity index (χ0) is 10.1. The highest BCUT2D eigenvalue weighted by Crippen LogP contribution is 2.16. The maximum absolute atomic E-state index is 11.4. The molecule has 0 spiro atoms. The van der Waals surface area contributed by atoms with Crippen molar-refractivity contribution in [1.82, 2.24) is 4.90 Å². The zero-order valence-electron chi connectivity index (χ0n) is 8.29. The Labute approximate surface area is 78.7 Å². The lowest BCUT2D eigenvalue weighted by molar-refractivity contribution is -0.131. The Morgan fingerprint density at radius 1 is 1.77 bits per heavy atom. The summed E-state index contributed by atoms with van der Waals surface area (Å²) in [5, 5.41) is 9.75. The molecule has 4 heteroatoms. The van der Waals surface area contributed by atoms with Crippen LogP contribution in [0.5, 0.6) is 0 Å². The molecular formula is C9H18N2O2. The van der Waals surface area contributed by atoms with Gasteiger partial charge in [-0.2, -0.15) is 0 Å². The number of likely N-dealkylation sites (tertiary alicyclic amines) is 1. The molecule has 4 nitrogen and oxygen atoms in total. The fourth-order valence-electron chi connectivity index (χ4n) is 1.44. The number of carbonyl (C=O) groups is 1. The molecule has 1 aliphatic rings. The number of aliphatic hydroxyl groups is 1. The van der Waals surface area contributed by atoms with Crippen LogP contribution in [0.25, 0.3) is 0 Å². The lowest BCUT2D eigenvalue weighted by Gasteiger charge is -2.27. The topological polar surface area (TPSA) is 66.6 Å². The van der Waals surface area contributed by atoms with Gasteiger partial charge in [-0.1, -0.05) is 6.92 Å². The number of rotatable bonds is 3. The number of amides is 1. The van der Waals surface area contributed by atoms with E-state index in [1.807, 2.05) is 6.92 Å². The highest BCUT2D eigenvalue weighted by molar-refractivity contribution is 5.83. The highest BCUT2D eigenvalue weighted by Gasteiger charge is 2.32. The molecule has 0 aromatic heterocycles. The van der Waals surface area contributed by atoms with Gasteiger partial charge >= 0.3 is 0 Å². The van der Waals surface area contributed by atoms with Crippen LogP contribution in [0, 0.1) is 0 Å². The van der Waals surface area contributed by atoms with E-state index in [-0.39, 0.29) is 11.9 Å². The van der Waals surface area contributed by atoms with E-state index >= 15 is 0 Å². The number of hydrogen-bond donors (Lipinski definition) is 2. The summed E-state index contributed by atoms with van der Waals surface area (Å²) in [6, 6.07) is -0.354. The maximum Gasteiger partial charge on any atom is 0.239 e. The van der Waals surface area contributed by atoms with Crippen LogP contribution >= 0.6 is 0 Å². The van der Waals surface area contributed by atoms with Gasteiger partial charge in [0.2, 0.25) is 5.91 Å². The van der Waals surface area contributed by atoms with E-state index in [0.717, 1.165) is 0 Å². The third-order valence-corrected chi connectivity index (χ3v) is 2.63. The van der Waals surface area contributed by atoms with E-state index in [2.05, 4.69) is 0 Å². The zero-order valence-corrected chi connectivity index (χ0v) is 8.29. The second kappa shape index (κ2) is 3.64. The Hall–Kier alpha value is -0.610. The van der Waals surface area contributed by atoms with Gasteiger partial charge in [-0.3, -0.25) is 4.79 Å². The Morgan fingerprint density at radius 3 is 2.77 bits per heavy atom. The first-order valence-electron chi connectivity index (χ1n) is 4.73. The van der Waals surface area contributed by atoms with Crippen molar-refractivity contribution < 1.29 is 9.90 Å². The fourth-order valence-corrected chi connectivity index (χ4v) is 1.44. The second-order valence-electron chi connectivity index (χ2n) is 4.01. The molecule has 1 heterocycles. The highest BCUT2D eigenvalue weighted by atomic mass is 16.3. The first-order chi connectivity index (χ1) is 5.96. The van der Waals surface area contributed by atoms with Crippen LogP contribution in [0.2, 0.25) is 0 Å². The van der Waals surface area contributed by atoms with E-state index in [9.17, 15) is 9.90 Å². The van der Waals surface area contributed by atoms with Crippen molar-refractivity contribution in [3.8, 4) is 0 Å². The van der Waals surface area contributed by atoms with Crippen molar-refractivity contribution in [2.75, 3.05) is 13.1 Å². The Kier molecular flexibility index (Phi) is 2.93. The lowest BCUT2D eigenvalue weighted by Crippen LogP contribution is -2.43. The molecule has 3 N–H and O–H groups in total. The maximum atomic E-state index is 11.4. The van der Waals surface area contributed by atoms with E-state index < -0.39 is 5.60 Å². The molecule has 1 rings (SSSR count). The molecule has 2 atom stereocenters. The molecule has 2 unspecified atom stereocenters. The van der Waals surface area contributed by atoms with Gasteiger partial charge in [-0.05, 0) is 19.8 Å². The van der Waals surface area contributed by atoms with E-state index in [1.165, 1.54) is 0 Å². The van der Waals surface area contributed by atoms with Gasteiger partial charge in [0.1, 0.15) is 0 Å². The van der Waals surface area contributed by atoms with Gasteiger partial charge < -0.3 is 15.7 Å². The molecule has 1 aliphatic heterocycles. The summed E-state index contributed by atoms with van der Waals surface area (Å²) in [6.45, 7) is 4.72. The van der Waals surface area contributed by atoms with Crippen LogP contribution in [-0.2, 0) is 4.79 Å². The van der Waals surface area contributed by atoms with Crippen molar-refractivity contribution in [3.05, 3.63) is 0 Å². The molecule has 1 amide bonds. The smallest absolute Gasteiger partial charge is 0.239 e. The fraction of sp³-hybridized carbons (Fsp3) is 0.889. The predicted molar refractivity (Wildman–Crippen MR) is 50.1 cm³/mol. The standard InChI is InChI=1S/C9H18N2O2/c1-3-9(2,13)6-11-5-4-7(10)8(11)12/h7,13H,3-6,10H2,1-2H3. The van der Waals surface area contributed by atoms with Gasteiger partial charge in [-0.25, -0.2) is 0 Å². The second-order valence-corrected chi connectivity index (χ2v) is 4.01. The summed E-state index contributed by atoms with van der Waals surface area (Å²) in [6.07, 6.45) is 1.35. The summed E-state index contributed by atoms with van der Waals surface area (Å²) < 4.78 is 0. The minimum absolute atomic E-state index is 0.0336. The number of hydrogen-bond acceptors (Lipinski definition) is 3. The van der Waals surface area contributed by atoms with Crippen molar-refractivity contribution in [1.29, 1.82) is 0 Å². The molecule has 0 aromatic carbocycles. The summed E-state index contributed by atoms with van der Waals surface area (Å²) in [4.78, 5) is 13.0. The SMILES string of the molecule is CCC(C)(O)CN1CCC(N)C1=O. The summed E-state index contributed by atoms with van der Waals surface area (Å²) in [5.41, 5.74) is 4.78. The molecule has 0 radical (unpaired) electrons. The van der Waals surface area contributed by atoms with E-state index in [0.29, 0.717) is 25.9 Å². The molecule has 76 valence electrons. The average Bonchev–Trinajstić information content (AvgIpc) is 2.36. The first kappa shape index (κ1) is 10.5. The molecular weight excluding hydrogens is 168 g/mol. The first-order valence-corrected chi connectivity index (χ1v) is 4.73. The molecule has 0 bridgehead atoms. The van der Waals surface area contributed by atoms with Crippen LogP contribution in [0.4, 0.5) is 0 Å². The van der Waals surface area contributed by atoms with Crippen molar-refractivity contribution in [2.24, 2.45) is 5.73 Å². The lowest BCUT2D eigenvalue weighted by atomic mass is 10.0. The molecule has 1 fully saturated rings. The van der Waals surface area contributed by atoms with Gasteiger partial charge in [0.05, 0.1) is 11.6 Å². The quantitative estimate of drug-likeness (QED) is 0.636. The van der Waals surface area contributed by atoms with Crippen LogP contribution in [-0.4, -0.2) is 40.6 Å².